The summed E-state index contributed by atoms with van der Waals surface area (Å²) in [6, 6.07) is 14.4. The minimum absolute atomic E-state index is 0.111. The lowest BCUT2D eigenvalue weighted by Gasteiger charge is -2.20. The van der Waals surface area contributed by atoms with Crippen molar-refractivity contribution in [1.82, 2.24) is 10.2 Å². The van der Waals surface area contributed by atoms with Crippen LogP contribution >= 0.6 is 0 Å². The average Bonchev–Trinajstić information content (AvgIpc) is 2.70. The van der Waals surface area contributed by atoms with E-state index in [9.17, 15) is 14.0 Å². The molecule has 0 heterocycles. The number of nitrogens with one attached hydrogen (secondary N) is 1. The maximum Gasteiger partial charge on any atom is 0.260 e. The van der Waals surface area contributed by atoms with Crippen molar-refractivity contribution in [3.63, 3.8) is 0 Å². The average molecular weight is 369 g/mol. The molecule has 2 aromatic carbocycles. The highest BCUT2D eigenvalue weighted by Crippen LogP contribution is 2.16. The Morgan fingerprint density at radius 2 is 1.89 bits per heavy atom. The maximum absolute atomic E-state index is 12.9. The zero-order valence-electron chi connectivity index (χ0n) is 14.9. The van der Waals surface area contributed by atoms with Gasteiger partial charge in [-0.2, -0.15) is 5.26 Å². The van der Waals surface area contributed by atoms with E-state index in [-0.39, 0.29) is 37.3 Å². The number of rotatable bonds is 8. The molecule has 0 aliphatic heterocycles. The van der Waals surface area contributed by atoms with E-state index < -0.39 is 0 Å². The summed E-state index contributed by atoms with van der Waals surface area (Å²) >= 11 is 0. The summed E-state index contributed by atoms with van der Waals surface area (Å²) in [5.41, 5.74) is 1.10. The van der Waals surface area contributed by atoms with Gasteiger partial charge >= 0.3 is 0 Å². The third kappa shape index (κ3) is 6.12. The molecule has 0 radical (unpaired) electrons. The number of ether oxygens (including phenoxy) is 1. The number of amides is 2. The molecule has 2 amide bonds. The number of nitrogens with zero attached hydrogens (tertiary/aromatic N) is 2. The van der Waals surface area contributed by atoms with Gasteiger partial charge in [-0.1, -0.05) is 24.3 Å². The molecule has 27 heavy (non-hydrogen) atoms. The van der Waals surface area contributed by atoms with Crippen molar-refractivity contribution in [1.29, 1.82) is 5.26 Å². The SMILES string of the molecule is CCN(CC(=O)NCc1ccc(F)cc1)C(=O)COc1ccccc1C#N. The molecule has 0 atom stereocenters. The molecule has 0 aromatic heterocycles. The molecule has 7 heteroatoms. The zero-order valence-corrected chi connectivity index (χ0v) is 14.9. The fourth-order valence-corrected chi connectivity index (χ4v) is 2.32. The lowest BCUT2D eigenvalue weighted by atomic mass is 10.2. The Balaban J connectivity index is 1.84. The number of halogens is 1. The molecule has 6 nitrogen and oxygen atoms in total. The topological polar surface area (TPSA) is 82.4 Å². The molecule has 0 saturated carbocycles. The lowest BCUT2D eigenvalue weighted by Crippen LogP contribution is -2.42. The van der Waals surface area contributed by atoms with Crippen LogP contribution in [0.5, 0.6) is 5.75 Å². The highest BCUT2D eigenvalue weighted by atomic mass is 19.1. The van der Waals surface area contributed by atoms with Crippen LogP contribution in [0.1, 0.15) is 18.1 Å². The zero-order chi connectivity index (χ0) is 19.6. The van der Waals surface area contributed by atoms with Gasteiger partial charge in [0.05, 0.1) is 12.1 Å². The summed E-state index contributed by atoms with van der Waals surface area (Å²) in [7, 11) is 0. The molecule has 2 aromatic rings. The first-order chi connectivity index (χ1) is 13.0. The van der Waals surface area contributed by atoms with Crippen LogP contribution < -0.4 is 10.1 Å². The Morgan fingerprint density at radius 1 is 1.19 bits per heavy atom. The molecule has 0 aliphatic rings. The molecule has 2 rings (SSSR count). The number of benzene rings is 2. The van der Waals surface area contributed by atoms with Gasteiger partial charge in [0.25, 0.3) is 5.91 Å². The minimum Gasteiger partial charge on any atom is -0.482 e. The standard InChI is InChI=1S/C20H20FN3O3/c1-2-24(13-19(25)23-12-15-7-9-17(21)10-8-15)20(26)14-27-18-6-4-3-5-16(18)11-22/h3-10H,2,12-14H2,1H3,(H,23,25). The van der Waals surface area contributed by atoms with Crippen molar-refractivity contribution in [2.45, 2.75) is 13.5 Å². The second-order valence-corrected chi connectivity index (χ2v) is 5.71. The van der Waals surface area contributed by atoms with Gasteiger partial charge in [-0.3, -0.25) is 9.59 Å². The van der Waals surface area contributed by atoms with E-state index in [2.05, 4.69) is 5.32 Å². The summed E-state index contributed by atoms with van der Waals surface area (Å²) in [4.78, 5) is 25.7. The highest BCUT2D eigenvalue weighted by molar-refractivity contribution is 5.85. The fourth-order valence-electron chi connectivity index (χ4n) is 2.32. The molecule has 140 valence electrons. The third-order valence-electron chi connectivity index (χ3n) is 3.83. The number of nitriles is 1. The predicted molar refractivity (Wildman–Crippen MR) is 97.2 cm³/mol. The molecule has 0 saturated heterocycles. The lowest BCUT2D eigenvalue weighted by molar-refractivity contribution is -0.137. The number of hydrogen-bond donors (Lipinski definition) is 1. The Kier molecular flexibility index (Phi) is 7.32. The molecule has 0 spiro atoms. The first-order valence-electron chi connectivity index (χ1n) is 8.44. The van der Waals surface area contributed by atoms with Crippen LogP contribution in [-0.2, 0) is 16.1 Å². The van der Waals surface area contributed by atoms with Crippen LogP contribution in [0.2, 0.25) is 0 Å². The summed E-state index contributed by atoms with van der Waals surface area (Å²) in [5, 5.41) is 11.7. The van der Waals surface area contributed by atoms with Crippen LogP contribution in [0, 0.1) is 17.1 Å². The van der Waals surface area contributed by atoms with Gasteiger partial charge < -0.3 is 15.0 Å². The summed E-state index contributed by atoms with van der Waals surface area (Å²) in [6.07, 6.45) is 0. The quantitative estimate of drug-likeness (QED) is 0.774. The second-order valence-electron chi connectivity index (χ2n) is 5.71. The molecule has 0 unspecified atom stereocenters. The molecular formula is C20H20FN3O3. The molecular weight excluding hydrogens is 349 g/mol. The van der Waals surface area contributed by atoms with E-state index in [0.29, 0.717) is 17.9 Å². The van der Waals surface area contributed by atoms with Crippen LogP contribution in [0.3, 0.4) is 0 Å². The number of hydrogen-bond acceptors (Lipinski definition) is 4. The van der Waals surface area contributed by atoms with Crippen LogP contribution in [0.4, 0.5) is 4.39 Å². The Hall–Kier alpha value is -3.40. The number of para-hydroxylation sites is 1. The molecule has 0 fully saturated rings. The highest BCUT2D eigenvalue weighted by Gasteiger charge is 2.16. The van der Waals surface area contributed by atoms with Gasteiger partial charge in [0, 0.05) is 13.1 Å². The summed E-state index contributed by atoms with van der Waals surface area (Å²) in [5.74, 6) is -0.704. The Bertz CT molecular complexity index is 831. The van der Waals surface area contributed by atoms with Crippen molar-refractivity contribution in [2.75, 3.05) is 19.7 Å². The Labute approximate surface area is 157 Å². The minimum atomic E-state index is -0.359. The van der Waals surface area contributed by atoms with Gasteiger partial charge in [-0.05, 0) is 36.8 Å². The van der Waals surface area contributed by atoms with Gasteiger partial charge in [0.15, 0.2) is 6.61 Å². The Morgan fingerprint density at radius 3 is 2.56 bits per heavy atom. The maximum atomic E-state index is 12.9. The first kappa shape index (κ1) is 19.9. The van der Waals surface area contributed by atoms with E-state index in [1.54, 1.807) is 43.3 Å². The van der Waals surface area contributed by atoms with E-state index in [1.807, 2.05) is 6.07 Å². The van der Waals surface area contributed by atoms with Crippen molar-refractivity contribution in [3.05, 3.63) is 65.5 Å². The van der Waals surface area contributed by atoms with Crippen LogP contribution in [0.25, 0.3) is 0 Å². The van der Waals surface area contributed by atoms with Crippen molar-refractivity contribution < 1.29 is 18.7 Å². The normalized spacial score (nSPS) is 9.96. The first-order valence-corrected chi connectivity index (χ1v) is 8.44. The van der Waals surface area contributed by atoms with Crippen molar-refractivity contribution >= 4 is 11.8 Å². The van der Waals surface area contributed by atoms with E-state index >= 15 is 0 Å². The predicted octanol–water partition coefficient (Wildman–Crippen LogP) is 2.24. The smallest absolute Gasteiger partial charge is 0.260 e. The van der Waals surface area contributed by atoms with Gasteiger partial charge in [0.2, 0.25) is 5.91 Å². The van der Waals surface area contributed by atoms with Crippen LogP contribution in [0.15, 0.2) is 48.5 Å². The molecule has 0 aliphatic carbocycles. The summed E-state index contributed by atoms with van der Waals surface area (Å²) < 4.78 is 18.3. The molecule has 1 N–H and O–H groups in total. The van der Waals surface area contributed by atoms with Gasteiger partial charge in [-0.25, -0.2) is 4.39 Å². The third-order valence-corrected chi connectivity index (χ3v) is 3.83. The summed E-state index contributed by atoms with van der Waals surface area (Å²) in [6.45, 7) is 1.97. The van der Waals surface area contributed by atoms with Crippen molar-refractivity contribution in [2.24, 2.45) is 0 Å². The second kappa shape index (κ2) is 9.92. The monoisotopic (exact) mass is 369 g/mol. The fraction of sp³-hybridized carbons (Fsp3) is 0.250. The van der Waals surface area contributed by atoms with Gasteiger partial charge in [0.1, 0.15) is 17.6 Å². The van der Waals surface area contributed by atoms with E-state index in [4.69, 9.17) is 10.00 Å². The van der Waals surface area contributed by atoms with Crippen LogP contribution in [-0.4, -0.2) is 36.4 Å². The largest absolute Gasteiger partial charge is 0.482 e. The van der Waals surface area contributed by atoms with Crippen molar-refractivity contribution in [3.8, 4) is 11.8 Å². The van der Waals surface area contributed by atoms with E-state index in [0.717, 1.165) is 5.56 Å². The van der Waals surface area contributed by atoms with E-state index in [1.165, 1.54) is 17.0 Å². The number of carbonyl (C=O) groups excluding carboxylic acids is 2. The number of carbonyl (C=O) groups is 2. The number of likely N-dealkylation sites (N-methyl/N-ethyl adjacent to an activating group) is 1. The van der Waals surface area contributed by atoms with Gasteiger partial charge in [-0.15, -0.1) is 0 Å². The molecule has 0 bridgehead atoms.